The van der Waals surface area contributed by atoms with E-state index in [-0.39, 0.29) is 17.7 Å². The molecule has 9 nitrogen and oxygen atoms in total. The summed E-state index contributed by atoms with van der Waals surface area (Å²) < 4.78 is 36.4. The minimum atomic E-state index is -1.39. The van der Waals surface area contributed by atoms with Crippen LogP contribution in [0.5, 0.6) is 0 Å². The van der Waals surface area contributed by atoms with Crippen molar-refractivity contribution in [2.24, 2.45) is 0 Å². The number of methoxy groups -OCH3 is 2. The largest absolute Gasteiger partial charge is 0.469 e. The Bertz CT molecular complexity index is 1010. The topological polar surface area (TPSA) is 125 Å². The van der Waals surface area contributed by atoms with E-state index in [1.54, 1.807) is 0 Å². The van der Waals surface area contributed by atoms with Gasteiger partial charge in [-0.2, -0.15) is 0 Å². The van der Waals surface area contributed by atoms with E-state index in [1.807, 2.05) is 0 Å². The molecule has 32 heavy (non-hydrogen) atoms. The Balaban J connectivity index is 2.34. The SMILES string of the molecule is COC(=O)C[C@@H](c1ccc([N+](=O)[O-])cc1)[C@H](NC(=O)Cc1ccc(F)cc1F)C(=O)OC. The first-order valence-corrected chi connectivity index (χ1v) is 9.28. The molecule has 11 heteroatoms. The average Bonchev–Trinajstić information content (AvgIpc) is 2.77. The number of rotatable bonds is 9. The van der Waals surface area contributed by atoms with Gasteiger partial charge in [0.05, 0.1) is 32.0 Å². The van der Waals surface area contributed by atoms with Crippen LogP contribution in [0.15, 0.2) is 42.5 Å². The molecule has 170 valence electrons. The number of nitrogens with one attached hydrogen (secondary N) is 1. The molecule has 0 heterocycles. The van der Waals surface area contributed by atoms with Crippen LogP contribution in [0.4, 0.5) is 14.5 Å². The van der Waals surface area contributed by atoms with Crippen molar-refractivity contribution in [2.45, 2.75) is 24.8 Å². The first-order chi connectivity index (χ1) is 15.2. The fourth-order valence-electron chi connectivity index (χ4n) is 3.05. The van der Waals surface area contributed by atoms with Gasteiger partial charge in [-0.15, -0.1) is 0 Å². The van der Waals surface area contributed by atoms with Gasteiger partial charge in [-0.1, -0.05) is 18.2 Å². The number of halogens is 2. The molecule has 1 amide bonds. The van der Waals surface area contributed by atoms with Crippen LogP contribution in [0.1, 0.15) is 23.5 Å². The smallest absolute Gasteiger partial charge is 0.329 e. The summed E-state index contributed by atoms with van der Waals surface area (Å²) in [6.45, 7) is 0. The van der Waals surface area contributed by atoms with Gasteiger partial charge in [0.15, 0.2) is 0 Å². The van der Waals surface area contributed by atoms with E-state index in [9.17, 15) is 33.3 Å². The second-order valence-corrected chi connectivity index (χ2v) is 6.72. The lowest BCUT2D eigenvalue weighted by atomic mass is 9.88. The molecule has 1 N–H and O–H groups in total. The number of non-ortho nitro benzene ring substituents is 1. The lowest BCUT2D eigenvalue weighted by Crippen LogP contribution is -2.46. The summed E-state index contributed by atoms with van der Waals surface area (Å²) >= 11 is 0. The molecule has 0 saturated carbocycles. The summed E-state index contributed by atoms with van der Waals surface area (Å²) in [4.78, 5) is 47.2. The lowest BCUT2D eigenvalue weighted by Gasteiger charge is -2.26. The molecule has 0 unspecified atom stereocenters. The molecule has 0 saturated heterocycles. The monoisotopic (exact) mass is 450 g/mol. The Kier molecular flexibility index (Phi) is 8.33. The van der Waals surface area contributed by atoms with E-state index in [2.05, 4.69) is 10.1 Å². The van der Waals surface area contributed by atoms with E-state index >= 15 is 0 Å². The van der Waals surface area contributed by atoms with Crippen molar-refractivity contribution < 1.29 is 37.6 Å². The molecule has 2 aromatic carbocycles. The lowest BCUT2D eigenvalue weighted by molar-refractivity contribution is -0.384. The minimum absolute atomic E-state index is 0.104. The number of hydrogen-bond donors (Lipinski definition) is 1. The summed E-state index contributed by atoms with van der Waals surface area (Å²) in [5, 5.41) is 13.3. The summed E-state index contributed by atoms with van der Waals surface area (Å²) in [6, 6.07) is 6.36. The van der Waals surface area contributed by atoms with Crippen molar-refractivity contribution in [3.8, 4) is 0 Å². The van der Waals surface area contributed by atoms with Gasteiger partial charge < -0.3 is 14.8 Å². The van der Waals surface area contributed by atoms with E-state index in [1.165, 1.54) is 24.3 Å². The molecule has 0 aliphatic heterocycles. The van der Waals surface area contributed by atoms with Gasteiger partial charge in [0.1, 0.15) is 17.7 Å². The standard InChI is InChI=1S/C21H20F2N2O7/c1-31-19(27)11-16(12-4-7-15(8-5-12)25(29)30)20(21(28)32-2)24-18(26)9-13-3-6-14(22)10-17(13)23/h3-8,10,16,20H,9,11H2,1-2H3,(H,24,26)/t16-,20-/m0/s1. The molecule has 0 spiro atoms. The molecular formula is C21H20F2N2O7. The highest BCUT2D eigenvalue weighted by atomic mass is 19.1. The average molecular weight is 450 g/mol. The Labute approximate surface area is 181 Å². The number of benzene rings is 2. The van der Waals surface area contributed by atoms with Crippen LogP contribution in [0, 0.1) is 21.7 Å². The molecule has 2 rings (SSSR count). The molecular weight excluding hydrogens is 430 g/mol. The predicted octanol–water partition coefficient (Wildman–Crippen LogP) is 2.42. The molecule has 0 fully saturated rings. The van der Waals surface area contributed by atoms with Gasteiger partial charge in [-0.3, -0.25) is 19.7 Å². The van der Waals surface area contributed by atoms with Crippen molar-refractivity contribution in [1.29, 1.82) is 0 Å². The van der Waals surface area contributed by atoms with Crippen molar-refractivity contribution in [3.05, 3.63) is 75.3 Å². The van der Waals surface area contributed by atoms with Gasteiger partial charge in [-0.25, -0.2) is 13.6 Å². The highest BCUT2D eigenvalue weighted by Crippen LogP contribution is 2.27. The first kappa shape index (κ1) is 24.4. The van der Waals surface area contributed by atoms with Gasteiger partial charge in [0.2, 0.25) is 5.91 Å². The highest BCUT2D eigenvalue weighted by molar-refractivity contribution is 5.87. The minimum Gasteiger partial charge on any atom is -0.469 e. The van der Waals surface area contributed by atoms with Crippen LogP contribution in [0.25, 0.3) is 0 Å². The van der Waals surface area contributed by atoms with Crippen molar-refractivity contribution in [3.63, 3.8) is 0 Å². The summed E-state index contributed by atoms with van der Waals surface area (Å²) in [6.07, 6.45) is -0.871. The van der Waals surface area contributed by atoms with Crippen molar-refractivity contribution in [2.75, 3.05) is 14.2 Å². The normalized spacial score (nSPS) is 12.4. The highest BCUT2D eigenvalue weighted by Gasteiger charge is 2.34. The number of nitro groups is 1. The fourth-order valence-corrected chi connectivity index (χ4v) is 3.05. The third kappa shape index (κ3) is 6.30. The molecule has 0 aliphatic rings. The number of nitrogens with zero attached hydrogens (tertiary/aromatic N) is 1. The number of hydrogen-bond acceptors (Lipinski definition) is 7. The van der Waals surface area contributed by atoms with Crippen LogP contribution in [0.2, 0.25) is 0 Å². The van der Waals surface area contributed by atoms with Crippen LogP contribution >= 0.6 is 0 Å². The van der Waals surface area contributed by atoms with Crippen LogP contribution in [0.3, 0.4) is 0 Å². The Morgan fingerprint density at radius 2 is 1.72 bits per heavy atom. The first-order valence-electron chi connectivity index (χ1n) is 9.28. The van der Waals surface area contributed by atoms with E-state index in [0.29, 0.717) is 11.6 Å². The Morgan fingerprint density at radius 3 is 2.25 bits per heavy atom. The van der Waals surface area contributed by atoms with E-state index in [4.69, 9.17) is 4.74 Å². The second-order valence-electron chi connectivity index (χ2n) is 6.72. The van der Waals surface area contributed by atoms with Crippen LogP contribution < -0.4 is 5.32 Å². The van der Waals surface area contributed by atoms with Crippen LogP contribution in [-0.2, 0) is 30.3 Å². The van der Waals surface area contributed by atoms with Crippen LogP contribution in [-0.4, -0.2) is 43.0 Å². The number of carbonyl (C=O) groups is 3. The second kappa shape index (κ2) is 10.9. The maximum Gasteiger partial charge on any atom is 0.329 e. The molecule has 2 atom stereocenters. The van der Waals surface area contributed by atoms with Gasteiger partial charge in [-0.05, 0) is 17.2 Å². The predicted molar refractivity (Wildman–Crippen MR) is 106 cm³/mol. The Hall–Kier alpha value is -3.89. The number of nitro benzene ring substituents is 1. The quantitative estimate of drug-likeness (QED) is 0.353. The number of carbonyl (C=O) groups excluding carboxylic acids is 3. The molecule has 2 aromatic rings. The summed E-state index contributed by atoms with van der Waals surface area (Å²) in [5.74, 6) is -5.14. The molecule has 0 aliphatic carbocycles. The zero-order valence-corrected chi connectivity index (χ0v) is 17.2. The van der Waals surface area contributed by atoms with Crippen molar-refractivity contribution in [1.82, 2.24) is 5.32 Å². The maximum atomic E-state index is 13.9. The third-order valence-corrected chi connectivity index (χ3v) is 4.69. The van der Waals surface area contributed by atoms with E-state index in [0.717, 1.165) is 26.4 Å². The number of ether oxygens (including phenoxy) is 2. The zero-order chi connectivity index (χ0) is 23.8. The number of amides is 1. The molecule has 0 bridgehead atoms. The van der Waals surface area contributed by atoms with Gasteiger partial charge >= 0.3 is 11.9 Å². The summed E-state index contributed by atoms with van der Waals surface area (Å²) in [5.41, 5.74) is 0.00744. The maximum absolute atomic E-state index is 13.9. The van der Waals surface area contributed by atoms with Crippen molar-refractivity contribution >= 4 is 23.5 Å². The molecule has 0 aromatic heterocycles. The number of esters is 2. The van der Waals surface area contributed by atoms with E-state index < -0.39 is 52.8 Å². The van der Waals surface area contributed by atoms with Gasteiger partial charge in [0, 0.05) is 24.1 Å². The Morgan fingerprint density at radius 1 is 1.06 bits per heavy atom. The molecule has 0 radical (unpaired) electrons. The fraction of sp³-hybridized carbons (Fsp3) is 0.286. The zero-order valence-electron chi connectivity index (χ0n) is 17.2. The van der Waals surface area contributed by atoms with Gasteiger partial charge in [0.25, 0.3) is 5.69 Å². The third-order valence-electron chi connectivity index (χ3n) is 4.69. The summed E-state index contributed by atoms with van der Waals surface area (Å²) in [7, 11) is 2.21.